The van der Waals surface area contributed by atoms with Crippen molar-refractivity contribution in [2.45, 2.75) is 13.8 Å². The van der Waals surface area contributed by atoms with Crippen LogP contribution in [0.3, 0.4) is 0 Å². The maximum atomic E-state index is 12.7. The number of nitrogens with one attached hydrogen (secondary N) is 2. The third-order valence-electron chi connectivity index (χ3n) is 4.52. The summed E-state index contributed by atoms with van der Waals surface area (Å²) in [6, 6.07) is 17.6. The van der Waals surface area contributed by atoms with Gasteiger partial charge in [-0.05, 0) is 61.9 Å². The van der Waals surface area contributed by atoms with E-state index in [1.54, 1.807) is 36.4 Å². The SMILES string of the molecule is CCOc1ccccc1C(=O)Nc1ccc2c(c1)C(=O)Nc1cc(C)ccc1O2. The molecule has 4 rings (SSSR count). The molecule has 0 radical (unpaired) electrons. The van der Waals surface area contributed by atoms with Crippen molar-refractivity contribution in [2.24, 2.45) is 0 Å². The molecule has 1 aliphatic rings. The van der Waals surface area contributed by atoms with E-state index in [0.717, 1.165) is 5.56 Å². The van der Waals surface area contributed by atoms with Gasteiger partial charge in [0.05, 0.1) is 23.4 Å². The summed E-state index contributed by atoms with van der Waals surface area (Å²) in [6.07, 6.45) is 0. The van der Waals surface area contributed by atoms with Crippen molar-refractivity contribution in [1.29, 1.82) is 0 Å². The lowest BCUT2D eigenvalue weighted by Crippen LogP contribution is -2.15. The Bertz CT molecular complexity index is 1110. The topological polar surface area (TPSA) is 76.7 Å². The molecule has 0 aliphatic carbocycles. The van der Waals surface area contributed by atoms with E-state index >= 15 is 0 Å². The van der Waals surface area contributed by atoms with Crippen molar-refractivity contribution >= 4 is 23.2 Å². The third kappa shape index (κ3) is 3.78. The fourth-order valence-electron chi connectivity index (χ4n) is 3.15. The summed E-state index contributed by atoms with van der Waals surface area (Å²) in [6.45, 7) is 4.26. The van der Waals surface area contributed by atoms with Crippen molar-refractivity contribution in [3.8, 4) is 17.2 Å². The first-order valence-electron chi connectivity index (χ1n) is 9.32. The molecule has 0 atom stereocenters. The first-order valence-corrected chi connectivity index (χ1v) is 9.32. The van der Waals surface area contributed by atoms with Crippen LogP contribution in [0.15, 0.2) is 60.7 Å². The van der Waals surface area contributed by atoms with E-state index in [4.69, 9.17) is 9.47 Å². The second-order valence-corrected chi connectivity index (χ2v) is 6.65. The van der Waals surface area contributed by atoms with Crippen molar-refractivity contribution < 1.29 is 19.1 Å². The van der Waals surface area contributed by atoms with Gasteiger partial charge in [-0.1, -0.05) is 18.2 Å². The van der Waals surface area contributed by atoms with E-state index in [9.17, 15) is 9.59 Å². The molecular weight excluding hydrogens is 368 g/mol. The number of fused-ring (bicyclic) bond motifs is 2. The Kier molecular flexibility index (Phi) is 4.91. The average molecular weight is 388 g/mol. The molecule has 0 fully saturated rings. The predicted molar refractivity (Wildman–Crippen MR) is 111 cm³/mol. The molecule has 3 aromatic rings. The van der Waals surface area contributed by atoms with E-state index in [0.29, 0.717) is 46.4 Å². The largest absolute Gasteiger partial charge is 0.493 e. The van der Waals surface area contributed by atoms with E-state index in [1.165, 1.54) is 0 Å². The van der Waals surface area contributed by atoms with Gasteiger partial charge in [-0.2, -0.15) is 0 Å². The summed E-state index contributed by atoms with van der Waals surface area (Å²) in [5.74, 6) is 0.898. The molecule has 0 bridgehead atoms. The van der Waals surface area contributed by atoms with Gasteiger partial charge in [0.1, 0.15) is 11.5 Å². The number of aryl methyl sites for hydroxylation is 1. The quantitative estimate of drug-likeness (QED) is 0.659. The fraction of sp³-hybridized carbons (Fsp3) is 0.130. The minimum Gasteiger partial charge on any atom is -0.493 e. The maximum Gasteiger partial charge on any atom is 0.259 e. The lowest BCUT2D eigenvalue weighted by atomic mass is 10.1. The standard InChI is InChI=1S/C23H20N2O4/c1-3-28-19-7-5-4-6-16(19)22(26)24-15-9-11-20-17(13-15)23(27)25-18-12-14(2)8-10-21(18)29-20/h4-13H,3H2,1-2H3,(H,24,26)(H,25,27). The van der Waals surface area contributed by atoms with Crippen LogP contribution >= 0.6 is 0 Å². The van der Waals surface area contributed by atoms with Crippen LogP contribution in [0.4, 0.5) is 11.4 Å². The molecule has 1 heterocycles. The molecule has 0 spiro atoms. The molecule has 6 nitrogen and oxygen atoms in total. The highest BCUT2D eigenvalue weighted by molar-refractivity contribution is 6.10. The molecule has 0 saturated heterocycles. The van der Waals surface area contributed by atoms with E-state index in [-0.39, 0.29) is 11.8 Å². The van der Waals surface area contributed by atoms with Crippen molar-refractivity contribution in [1.82, 2.24) is 0 Å². The van der Waals surface area contributed by atoms with Gasteiger partial charge in [0.15, 0.2) is 5.75 Å². The van der Waals surface area contributed by atoms with Crippen molar-refractivity contribution in [3.05, 3.63) is 77.4 Å². The Morgan fingerprint density at radius 1 is 1.07 bits per heavy atom. The fourth-order valence-corrected chi connectivity index (χ4v) is 3.15. The molecule has 2 N–H and O–H groups in total. The second kappa shape index (κ2) is 7.67. The number of ether oxygens (including phenoxy) is 2. The number of amides is 2. The number of rotatable bonds is 4. The highest BCUT2D eigenvalue weighted by atomic mass is 16.5. The number of anilines is 2. The minimum atomic E-state index is -0.317. The Hall–Kier alpha value is -3.80. The number of carbonyl (C=O) groups excluding carboxylic acids is 2. The highest BCUT2D eigenvalue weighted by Crippen LogP contribution is 2.37. The summed E-state index contributed by atoms with van der Waals surface area (Å²) < 4.78 is 11.4. The average Bonchev–Trinajstić information content (AvgIpc) is 2.84. The first kappa shape index (κ1) is 18.6. The van der Waals surface area contributed by atoms with Crippen LogP contribution in [0.25, 0.3) is 0 Å². The maximum absolute atomic E-state index is 12.7. The summed E-state index contributed by atoms with van der Waals surface area (Å²) in [7, 11) is 0. The van der Waals surface area contributed by atoms with Crippen molar-refractivity contribution in [3.63, 3.8) is 0 Å². The van der Waals surface area contributed by atoms with Gasteiger partial charge in [0, 0.05) is 5.69 Å². The van der Waals surface area contributed by atoms with Gasteiger partial charge in [-0.15, -0.1) is 0 Å². The van der Waals surface area contributed by atoms with Crippen LogP contribution in [0.1, 0.15) is 33.2 Å². The van der Waals surface area contributed by atoms with E-state index in [1.807, 2.05) is 38.1 Å². The molecule has 29 heavy (non-hydrogen) atoms. The zero-order chi connectivity index (χ0) is 20.4. The zero-order valence-electron chi connectivity index (χ0n) is 16.1. The summed E-state index contributed by atoms with van der Waals surface area (Å²) in [4.78, 5) is 25.4. The van der Waals surface area contributed by atoms with Gasteiger partial charge in [-0.25, -0.2) is 0 Å². The van der Waals surface area contributed by atoms with Crippen LogP contribution in [-0.4, -0.2) is 18.4 Å². The van der Waals surface area contributed by atoms with Crippen LogP contribution in [-0.2, 0) is 0 Å². The number of hydrogen-bond donors (Lipinski definition) is 2. The molecule has 1 aliphatic heterocycles. The summed E-state index contributed by atoms with van der Waals surface area (Å²) in [5, 5.41) is 5.68. The van der Waals surface area contributed by atoms with Gasteiger partial charge >= 0.3 is 0 Å². The molecule has 2 amide bonds. The molecule has 0 aromatic heterocycles. The molecule has 146 valence electrons. The van der Waals surface area contributed by atoms with Crippen LogP contribution in [0.5, 0.6) is 17.2 Å². The minimum absolute atomic E-state index is 0.296. The second-order valence-electron chi connectivity index (χ2n) is 6.65. The molecular formula is C23H20N2O4. The lowest BCUT2D eigenvalue weighted by molar-refractivity contribution is 0.101. The normalized spacial score (nSPS) is 12.0. The Morgan fingerprint density at radius 2 is 1.86 bits per heavy atom. The van der Waals surface area contributed by atoms with Crippen LogP contribution < -0.4 is 20.1 Å². The van der Waals surface area contributed by atoms with Crippen LogP contribution in [0.2, 0.25) is 0 Å². The Balaban J connectivity index is 1.61. The van der Waals surface area contributed by atoms with Crippen molar-refractivity contribution in [2.75, 3.05) is 17.2 Å². The summed E-state index contributed by atoms with van der Waals surface area (Å²) >= 11 is 0. The monoisotopic (exact) mass is 388 g/mol. The van der Waals surface area contributed by atoms with Gasteiger partial charge in [-0.3, -0.25) is 9.59 Å². The number of para-hydroxylation sites is 1. The number of hydrogen-bond acceptors (Lipinski definition) is 4. The van der Waals surface area contributed by atoms with Gasteiger partial charge in [0.2, 0.25) is 0 Å². The number of benzene rings is 3. The molecule has 3 aromatic carbocycles. The molecule has 0 unspecified atom stereocenters. The smallest absolute Gasteiger partial charge is 0.259 e. The Morgan fingerprint density at radius 3 is 2.69 bits per heavy atom. The summed E-state index contributed by atoms with van der Waals surface area (Å²) in [5.41, 5.74) is 2.88. The molecule has 0 saturated carbocycles. The van der Waals surface area contributed by atoms with Crippen LogP contribution in [0, 0.1) is 6.92 Å². The lowest BCUT2D eigenvalue weighted by Gasteiger charge is -2.12. The zero-order valence-corrected chi connectivity index (χ0v) is 16.1. The molecule has 6 heteroatoms. The first-order chi connectivity index (χ1) is 14.0. The van der Waals surface area contributed by atoms with E-state index in [2.05, 4.69) is 10.6 Å². The Labute approximate surface area is 168 Å². The number of carbonyl (C=O) groups is 2. The van der Waals surface area contributed by atoms with Gasteiger partial charge < -0.3 is 20.1 Å². The van der Waals surface area contributed by atoms with E-state index < -0.39 is 0 Å². The predicted octanol–water partition coefficient (Wildman–Crippen LogP) is 5.00. The highest BCUT2D eigenvalue weighted by Gasteiger charge is 2.22. The third-order valence-corrected chi connectivity index (χ3v) is 4.52. The van der Waals surface area contributed by atoms with Gasteiger partial charge in [0.25, 0.3) is 11.8 Å².